The second-order valence-corrected chi connectivity index (χ2v) is 4.47. The number of carbonyl (C=O) groups is 2. The average molecular weight is 326 g/mol. The molecule has 1 aliphatic heterocycles. The van der Waals surface area contributed by atoms with E-state index < -0.39 is 30.2 Å². The van der Waals surface area contributed by atoms with Crippen LogP contribution >= 0.6 is 15.9 Å². The maximum absolute atomic E-state index is 13.3. The normalized spacial score (nSPS) is 15.3. The third kappa shape index (κ3) is 2.12. The Hall–Kier alpha value is -1.44. The van der Waals surface area contributed by atoms with Crippen LogP contribution in [-0.4, -0.2) is 24.4 Å². The van der Waals surface area contributed by atoms with E-state index in [1.165, 1.54) is 0 Å². The van der Waals surface area contributed by atoms with E-state index in [4.69, 9.17) is 0 Å². The lowest BCUT2D eigenvalue weighted by molar-refractivity contribution is -0.129. The van der Waals surface area contributed by atoms with E-state index >= 15 is 0 Å². The van der Waals surface area contributed by atoms with E-state index in [-0.39, 0.29) is 20.6 Å². The second-order valence-electron chi connectivity index (χ2n) is 3.62. The summed E-state index contributed by atoms with van der Waals surface area (Å²) in [7, 11) is 0. The molecule has 18 heavy (non-hydrogen) atoms. The molecule has 0 radical (unpaired) electrons. The highest BCUT2D eigenvalue weighted by molar-refractivity contribution is 9.10. The van der Waals surface area contributed by atoms with Crippen LogP contribution in [0.25, 0.3) is 0 Å². The van der Waals surface area contributed by atoms with Gasteiger partial charge in [-0.3, -0.25) is 14.5 Å². The van der Waals surface area contributed by atoms with Gasteiger partial charge in [-0.05, 0) is 28.1 Å². The van der Waals surface area contributed by atoms with Gasteiger partial charge in [-0.1, -0.05) is 0 Å². The smallest absolute Gasteiger partial charge is 0.296 e. The van der Waals surface area contributed by atoms with Crippen LogP contribution in [0, 0.1) is 5.82 Å². The number of anilines is 1. The van der Waals surface area contributed by atoms with Gasteiger partial charge < -0.3 is 0 Å². The average Bonchev–Trinajstić information content (AvgIpc) is 2.44. The van der Waals surface area contributed by atoms with Gasteiger partial charge in [0.1, 0.15) is 12.4 Å². The number of hydrogen-bond donors (Lipinski definition) is 0. The summed E-state index contributed by atoms with van der Waals surface area (Å²) in [5, 5.41) is 0. The molecule has 0 saturated carbocycles. The quantitative estimate of drug-likeness (QED) is 0.588. The number of halogens is 5. The Morgan fingerprint density at radius 1 is 1.22 bits per heavy atom. The van der Waals surface area contributed by atoms with Crippen LogP contribution in [0.4, 0.5) is 23.2 Å². The molecule has 2 rings (SSSR count). The molecule has 3 nitrogen and oxygen atoms in total. The van der Waals surface area contributed by atoms with Crippen molar-refractivity contribution in [2.24, 2.45) is 0 Å². The molecule has 0 unspecified atom stereocenters. The Balaban J connectivity index is 2.52. The van der Waals surface area contributed by atoms with E-state index in [0.717, 1.165) is 12.1 Å². The number of rotatable bonds is 1. The fourth-order valence-electron chi connectivity index (χ4n) is 1.62. The molecule has 0 spiro atoms. The number of nitrogens with zero attached hydrogens (tertiary/aromatic N) is 1. The molecule has 0 saturated heterocycles. The summed E-state index contributed by atoms with van der Waals surface area (Å²) < 4.78 is 50.0. The number of ketones is 1. The fraction of sp³-hybridized carbons (Fsp3) is 0.200. The van der Waals surface area contributed by atoms with Gasteiger partial charge in [0.05, 0.1) is 15.7 Å². The Labute approximate surface area is 106 Å². The highest BCUT2D eigenvalue weighted by Gasteiger charge is 2.42. The summed E-state index contributed by atoms with van der Waals surface area (Å²) in [6, 6.07) is 1.73. The van der Waals surface area contributed by atoms with Crippen molar-refractivity contribution in [2.45, 2.75) is 6.18 Å². The van der Waals surface area contributed by atoms with Gasteiger partial charge in [0.2, 0.25) is 0 Å². The first-order chi connectivity index (χ1) is 8.20. The van der Waals surface area contributed by atoms with Crippen molar-refractivity contribution in [1.29, 1.82) is 0 Å². The van der Waals surface area contributed by atoms with Crippen molar-refractivity contribution in [1.82, 2.24) is 0 Å². The SMILES string of the molecule is O=C1C(=O)N(CC(F)(F)F)c2cc(F)c(Br)cc21. The molecule has 1 amide bonds. The monoisotopic (exact) mass is 325 g/mol. The molecule has 1 aromatic carbocycles. The van der Waals surface area contributed by atoms with E-state index in [9.17, 15) is 27.2 Å². The predicted octanol–water partition coefficient (Wildman–Crippen LogP) is 2.68. The fourth-order valence-corrected chi connectivity index (χ4v) is 1.97. The van der Waals surface area contributed by atoms with Gasteiger partial charge in [0.25, 0.3) is 11.7 Å². The van der Waals surface area contributed by atoms with Crippen molar-refractivity contribution in [3.05, 3.63) is 28.0 Å². The lowest BCUT2D eigenvalue weighted by atomic mass is 10.1. The van der Waals surface area contributed by atoms with Gasteiger partial charge in [-0.15, -0.1) is 0 Å². The number of hydrogen-bond acceptors (Lipinski definition) is 2. The third-order valence-electron chi connectivity index (χ3n) is 2.35. The van der Waals surface area contributed by atoms with Crippen molar-refractivity contribution < 1.29 is 27.2 Å². The topological polar surface area (TPSA) is 37.4 Å². The summed E-state index contributed by atoms with van der Waals surface area (Å²) in [5.74, 6) is -3.22. The van der Waals surface area contributed by atoms with Crippen molar-refractivity contribution in [2.75, 3.05) is 11.4 Å². The predicted molar refractivity (Wildman–Crippen MR) is 56.8 cm³/mol. The molecule has 96 valence electrons. The summed E-state index contributed by atoms with van der Waals surface area (Å²) >= 11 is 2.80. The highest BCUT2D eigenvalue weighted by Crippen LogP contribution is 2.35. The molecule has 8 heteroatoms. The zero-order chi connectivity index (χ0) is 13.7. The van der Waals surface area contributed by atoms with Crippen molar-refractivity contribution in [3.8, 4) is 0 Å². The minimum absolute atomic E-state index is 0.0868. The lowest BCUT2D eigenvalue weighted by Gasteiger charge is -2.18. The zero-order valence-electron chi connectivity index (χ0n) is 8.52. The Kier molecular flexibility index (Phi) is 2.92. The summed E-state index contributed by atoms with van der Waals surface area (Å²) in [6.07, 6.45) is -4.67. The number of amides is 1. The van der Waals surface area contributed by atoms with E-state index in [1.807, 2.05) is 0 Å². The van der Waals surface area contributed by atoms with Crippen molar-refractivity contribution >= 4 is 33.3 Å². The summed E-state index contributed by atoms with van der Waals surface area (Å²) in [6.45, 7) is -1.62. The lowest BCUT2D eigenvalue weighted by Crippen LogP contribution is -2.38. The molecule has 0 fully saturated rings. The third-order valence-corrected chi connectivity index (χ3v) is 2.96. The van der Waals surface area contributed by atoms with Gasteiger partial charge in [0.15, 0.2) is 0 Å². The summed E-state index contributed by atoms with van der Waals surface area (Å²) in [5.41, 5.74) is -0.597. The zero-order valence-corrected chi connectivity index (χ0v) is 10.1. The second kappa shape index (κ2) is 4.04. The molecule has 1 heterocycles. The number of fused-ring (bicyclic) bond motifs is 1. The molecule has 1 aliphatic rings. The molecule has 1 aromatic rings. The number of benzene rings is 1. The van der Waals surface area contributed by atoms with Crippen molar-refractivity contribution in [3.63, 3.8) is 0 Å². The maximum atomic E-state index is 13.3. The van der Waals surface area contributed by atoms with Gasteiger partial charge in [-0.25, -0.2) is 4.39 Å². The van der Waals surface area contributed by atoms with Crippen LogP contribution in [0.15, 0.2) is 16.6 Å². The van der Waals surface area contributed by atoms with Crippen LogP contribution in [0.5, 0.6) is 0 Å². The van der Waals surface area contributed by atoms with Gasteiger partial charge in [0, 0.05) is 0 Å². The van der Waals surface area contributed by atoms with Gasteiger partial charge in [-0.2, -0.15) is 13.2 Å². The minimum Gasteiger partial charge on any atom is -0.296 e. The molecule has 0 aliphatic carbocycles. The molecule has 0 N–H and O–H groups in total. The first-order valence-electron chi connectivity index (χ1n) is 4.62. The molecule has 0 aromatic heterocycles. The summed E-state index contributed by atoms with van der Waals surface area (Å²) in [4.78, 5) is 23.1. The maximum Gasteiger partial charge on any atom is 0.406 e. The van der Waals surface area contributed by atoms with E-state index in [0.29, 0.717) is 0 Å². The molecular formula is C10H4BrF4NO2. The van der Waals surface area contributed by atoms with E-state index in [2.05, 4.69) is 15.9 Å². The molecule has 0 bridgehead atoms. The number of Topliss-reactive ketones (excluding diaryl/α,β-unsaturated/α-hetero) is 1. The number of alkyl halides is 3. The van der Waals surface area contributed by atoms with Crippen LogP contribution in [0.1, 0.15) is 10.4 Å². The van der Waals surface area contributed by atoms with Crippen LogP contribution in [0.3, 0.4) is 0 Å². The molecule has 0 atom stereocenters. The Morgan fingerprint density at radius 3 is 2.39 bits per heavy atom. The van der Waals surface area contributed by atoms with Crippen LogP contribution in [0.2, 0.25) is 0 Å². The Morgan fingerprint density at radius 2 is 1.83 bits per heavy atom. The largest absolute Gasteiger partial charge is 0.406 e. The van der Waals surface area contributed by atoms with Gasteiger partial charge >= 0.3 is 6.18 Å². The van der Waals surface area contributed by atoms with Crippen LogP contribution in [-0.2, 0) is 4.79 Å². The molecular weight excluding hydrogens is 322 g/mol. The number of carbonyl (C=O) groups excluding carboxylic acids is 2. The highest BCUT2D eigenvalue weighted by atomic mass is 79.9. The first-order valence-corrected chi connectivity index (χ1v) is 5.42. The van der Waals surface area contributed by atoms with Crippen LogP contribution < -0.4 is 4.90 Å². The standard InChI is InChI=1S/C10H4BrF4NO2/c11-5-1-4-7(2-6(5)12)16(3-10(13,14)15)9(18)8(4)17/h1-2H,3H2. The van der Waals surface area contributed by atoms with E-state index in [1.54, 1.807) is 0 Å². The Bertz CT molecular complexity index is 556. The first kappa shape index (κ1) is 13.0. The minimum atomic E-state index is -4.67.